The first-order valence-corrected chi connectivity index (χ1v) is 8.37. The number of hydrogen-bond donors (Lipinski definition) is 1. The zero-order chi connectivity index (χ0) is 14.8. The molecule has 112 valence electrons. The topological polar surface area (TPSA) is 66.8 Å². The van der Waals surface area contributed by atoms with E-state index in [0.717, 1.165) is 5.56 Å². The molecule has 5 nitrogen and oxygen atoms in total. The smallest absolute Gasteiger partial charge is 0.213 e. The summed E-state index contributed by atoms with van der Waals surface area (Å²) in [4.78, 5) is 0. The molecular formula is C14H21NO4S. The molecule has 0 amide bonds. The van der Waals surface area contributed by atoms with Crippen LogP contribution in [0.2, 0.25) is 0 Å². The summed E-state index contributed by atoms with van der Waals surface area (Å²) in [6, 6.07) is 7.35. The van der Waals surface area contributed by atoms with E-state index in [4.69, 9.17) is 4.74 Å². The van der Waals surface area contributed by atoms with Crippen molar-refractivity contribution in [2.24, 2.45) is 0 Å². The van der Waals surface area contributed by atoms with E-state index < -0.39 is 15.6 Å². The molecule has 0 atom stereocenters. The normalized spacial score (nSPS) is 19.8. The van der Waals surface area contributed by atoms with E-state index in [9.17, 15) is 13.5 Å². The van der Waals surface area contributed by atoms with Crippen LogP contribution in [0.3, 0.4) is 0 Å². The lowest BCUT2D eigenvalue weighted by molar-refractivity contribution is -0.0114. The first-order chi connectivity index (χ1) is 9.43. The van der Waals surface area contributed by atoms with Crippen LogP contribution in [-0.4, -0.2) is 43.8 Å². The Bertz CT molecular complexity index is 562. The van der Waals surface area contributed by atoms with Crippen LogP contribution < -0.4 is 4.74 Å². The molecule has 20 heavy (non-hydrogen) atoms. The Balaban J connectivity index is 2.20. The fraction of sp³-hybridized carbons (Fsp3) is 0.571. The molecule has 1 N–H and O–H groups in total. The van der Waals surface area contributed by atoms with E-state index in [-0.39, 0.29) is 5.75 Å². The molecule has 0 aliphatic carbocycles. The number of rotatable bonds is 4. The highest BCUT2D eigenvalue weighted by atomic mass is 32.2. The van der Waals surface area contributed by atoms with Crippen LogP contribution in [0.5, 0.6) is 5.75 Å². The standard InChI is InChI=1S/C14H21NO4S/c1-3-20(17,18)15-10-8-14(16,9-11-15)12-6-4-5-7-13(12)19-2/h4-7,16H,3,8-11H2,1-2H3. The van der Waals surface area contributed by atoms with Crippen molar-refractivity contribution in [2.45, 2.75) is 25.4 Å². The summed E-state index contributed by atoms with van der Waals surface area (Å²) in [5, 5.41) is 10.8. The van der Waals surface area contributed by atoms with Gasteiger partial charge in [0.25, 0.3) is 0 Å². The van der Waals surface area contributed by atoms with Crippen molar-refractivity contribution in [3.63, 3.8) is 0 Å². The number of aliphatic hydroxyl groups is 1. The SMILES string of the molecule is CCS(=O)(=O)N1CCC(O)(c2ccccc2OC)CC1. The summed E-state index contributed by atoms with van der Waals surface area (Å²) in [7, 11) is -1.61. The third-order valence-corrected chi connectivity index (χ3v) is 5.80. The molecule has 0 aromatic heterocycles. The maximum absolute atomic E-state index is 11.8. The van der Waals surface area contributed by atoms with Gasteiger partial charge in [-0.05, 0) is 25.8 Å². The highest BCUT2D eigenvalue weighted by Gasteiger charge is 2.38. The Hall–Kier alpha value is -1.11. The van der Waals surface area contributed by atoms with Crippen molar-refractivity contribution < 1.29 is 18.3 Å². The van der Waals surface area contributed by atoms with Crippen molar-refractivity contribution in [1.82, 2.24) is 4.31 Å². The minimum absolute atomic E-state index is 0.0973. The number of methoxy groups -OCH3 is 1. The molecule has 1 heterocycles. The van der Waals surface area contributed by atoms with Gasteiger partial charge < -0.3 is 9.84 Å². The van der Waals surface area contributed by atoms with Crippen molar-refractivity contribution in [3.05, 3.63) is 29.8 Å². The lowest BCUT2D eigenvalue weighted by Gasteiger charge is -2.38. The molecule has 1 aliphatic heterocycles. The first-order valence-electron chi connectivity index (χ1n) is 6.76. The largest absolute Gasteiger partial charge is 0.496 e. The predicted molar refractivity (Wildman–Crippen MR) is 77.2 cm³/mol. The summed E-state index contributed by atoms with van der Waals surface area (Å²) < 4.78 is 30.4. The summed E-state index contributed by atoms with van der Waals surface area (Å²) in [6.07, 6.45) is 0.763. The Kier molecular flexibility index (Phi) is 4.36. The summed E-state index contributed by atoms with van der Waals surface area (Å²) in [6.45, 7) is 2.31. The van der Waals surface area contributed by atoms with Gasteiger partial charge in [0.1, 0.15) is 5.75 Å². The molecule has 1 fully saturated rings. The van der Waals surface area contributed by atoms with Gasteiger partial charge in [0, 0.05) is 18.7 Å². The molecule has 1 aromatic rings. The van der Waals surface area contributed by atoms with Gasteiger partial charge in [0.2, 0.25) is 10.0 Å². The third kappa shape index (κ3) is 2.82. The van der Waals surface area contributed by atoms with Gasteiger partial charge in [-0.1, -0.05) is 18.2 Å². The van der Waals surface area contributed by atoms with Crippen molar-refractivity contribution >= 4 is 10.0 Å². The lowest BCUT2D eigenvalue weighted by Crippen LogP contribution is -2.45. The molecule has 1 aliphatic rings. The van der Waals surface area contributed by atoms with Gasteiger partial charge in [-0.25, -0.2) is 12.7 Å². The first kappa shape index (κ1) is 15.3. The summed E-state index contributed by atoms with van der Waals surface area (Å²) >= 11 is 0. The molecule has 0 radical (unpaired) electrons. The van der Waals surface area contributed by atoms with Crippen LogP contribution in [0.25, 0.3) is 0 Å². The Morgan fingerprint density at radius 1 is 1.30 bits per heavy atom. The second-order valence-corrected chi connectivity index (χ2v) is 7.29. The quantitative estimate of drug-likeness (QED) is 0.911. The van der Waals surface area contributed by atoms with Crippen LogP contribution in [0, 0.1) is 0 Å². The van der Waals surface area contributed by atoms with Gasteiger partial charge in [-0.2, -0.15) is 0 Å². The number of sulfonamides is 1. The average molecular weight is 299 g/mol. The van der Waals surface area contributed by atoms with Crippen molar-refractivity contribution in [3.8, 4) is 5.75 Å². The Labute approximate surface area is 120 Å². The fourth-order valence-electron chi connectivity index (χ4n) is 2.62. The Morgan fingerprint density at radius 3 is 2.45 bits per heavy atom. The number of para-hydroxylation sites is 1. The molecule has 0 spiro atoms. The zero-order valence-corrected chi connectivity index (χ0v) is 12.7. The highest BCUT2D eigenvalue weighted by Crippen LogP contribution is 2.38. The van der Waals surface area contributed by atoms with Crippen molar-refractivity contribution in [2.75, 3.05) is 26.0 Å². The van der Waals surface area contributed by atoms with E-state index in [1.54, 1.807) is 14.0 Å². The number of hydrogen-bond acceptors (Lipinski definition) is 4. The Morgan fingerprint density at radius 2 is 1.90 bits per heavy atom. The molecule has 2 rings (SSSR count). The molecule has 1 aromatic carbocycles. The van der Waals surface area contributed by atoms with Crippen LogP contribution >= 0.6 is 0 Å². The van der Waals surface area contributed by atoms with Gasteiger partial charge >= 0.3 is 0 Å². The third-order valence-electron chi connectivity index (χ3n) is 3.92. The zero-order valence-electron chi connectivity index (χ0n) is 11.9. The van der Waals surface area contributed by atoms with Crippen LogP contribution in [0.15, 0.2) is 24.3 Å². The number of nitrogens with zero attached hydrogens (tertiary/aromatic N) is 1. The van der Waals surface area contributed by atoms with Gasteiger partial charge in [0.05, 0.1) is 18.5 Å². The van der Waals surface area contributed by atoms with Crippen LogP contribution in [0.1, 0.15) is 25.3 Å². The second-order valence-electron chi connectivity index (χ2n) is 5.03. The highest BCUT2D eigenvalue weighted by molar-refractivity contribution is 7.89. The van der Waals surface area contributed by atoms with E-state index in [0.29, 0.717) is 31.7 Å². The monoisotopic (exact) mass is 299 g/mol. The summed E-state index contributed by atoms with van der Waals surface area (Å²) in [5.74, 6) is 0.738. The minimum atomic E-state index is -3.18. The van der Waals surface area contributed by atoms with Gasteiger partial charge in [-0.3, -0.25) is 0 Å². The average Bonchev–Trinajstić information content (AvgIpc) is 2.47. The number of benzene rings is 1. The lowest BCUT2D eigenvalue weighted by atomic mass is 9.84. The van der Waals surface area contributed by atoms with E-state index >= 15 is 0 Å². The predicted octanol–water partition coefficient (Wildman–Crippen LogP) is 1.33. The molecular weight excluding hydrogens is 278 g/mol. The fourth-order valence-corrected chi connectivity index (χ4v) is 3.72. The second kappa shape index (κ2) is 5.71. The molecule has 0 unspecified atom stereocenters. The maximum atomic E-state index is 11.8. The van der Waals surface area contributed by atoms with Gasteiger partial charge in [0.15, 0.2) is 0 Å². The molecule has 1 saturated heterocycles. The van der Waals surface area contributed by atoms with Gasteiger partial charge in [-0.15, -0.1) is 0 Å². The maximum Gasteiger partial charge on any atom is 0.213 e. The van der Waals surface area contributed by atoms with Crippen LogP contribution in [-0.2, 0) is 15.6 Å². The van der Waals surface area contributed by atoms with Crippen LogP contribution in [0.4, 0.5) is 0 Å². The molecule has 0 bridgehead atoms. The molecule has 0 saturated carbocycles. The van der Waals surface area contributed by atoms with E-state index in [1.165, 1.54) is 4.31 Å². The van der Waals surface area contributed by atoms with E-state index in [2.05, 4.69) is 0 Å². The number of ether oxygens (including phenoxy) is 1. The summed E-state index contributed by atoms with van der Waals surface area (Å²) in [5.41, 5.74) is -0.289. The minimum Gasteiger partial charge on any atom is -0.496 e. The number of piperidine rings is 1. The van der Waals surface area contributed by atoms with Crippen molar-refractivity contribution in [1.29, 1.82) is 0 Å². The van der Waals surface area contributed by atoms with E-state index in [1.807, 2.05) is 24.3 Å². The molecule has 6 heteroatoms.